The standard InChI is InChI=1S/C10H17N3O/c1-4-7(11)10-12-8(6(2)3)5-9(14)13-10/h5-7H,4,11H2,1-3H3,(H,12,13,14). The minimum Gasteiger partial charge on any atom is -0.321 e. The molecule has 0 aromatic carbocycles. The molecule has 14 heavy (non-hydrogen) atoms. The van der Waals surface area contributed by atoms with Crippen molar-refractivity contribution in [2.24, 2.45) is 5.73 Å². The van der Waals surface area contributed by atoms with Crippen LogP contribution >= 0.6 is 0 Å². The van der Waals surface area contributed by atoms with Gasteiger partial charge in [-0.2, -0.15) is 0 Å². The van der Waals surface area contributed by atoms with Gasteiger partial charge in [0.1, 0.15) is 5.82 Å². The predicted octanol–water partition coefficient (Wildman–Crippen LogP) is 1.30. The third kappa shape index (κ3) is 2.42. The topological polar surface area (TPSA) is 71.8 Å². The van der Waals surface area contributed by atoms with E-state index in [4.69, 9.17) is 5.73 Å². The van der Waals surface area contributed by atoms with Gasteiger partial charge in [0.15, 0.2) is 0 Å². The van der Waals surface area contributed by atoms with Crippen LogP contribution in [0.15, 0.2) is 10.9 Å². The highest BCUT2D eigenvalue weighted by Gasteiger charge is 2.09. The smallest absolute Gasteiger partial charge is 0.251 e. The fourth-order valence-electron chi connectivity index (χ4n) is 1.16. The van der Waals surface area contributed by atoms with Gasteiger partial charge in [-0.15, -0.1) is 0 Å². The normalized spacial score (nSPS) is 13.2. The molecular formula is C10H17N3O. The first-order chi connectivity index (χ1) is 6.54. The monoisotopic (exact) mass is 195 g/mol. The molecule has 1 unspecified atom stereocenters. The molecule has 1 rings (SSSR count). The third-order valence-corrected chi connectivity index (χ3v) is 2.16. The van der Waals surface area contributed by atoms with Gasteiger partial charge in [-0.05, 0) is 12.3 Å². The quantitative estimate of drug-likeness (QED) is 0.763. The first-order valence-corrected chi connectivity index (χ1v) is 4.91. The molecule has 4 nitrogen and oxygen atoms in total. The lowest BCUT2D eigenvalue weighted by Gasteiger charge is -2.10. The van der Waals surface area contributed by atoms with Crippen molar-refractivity contribution < 1.29 is 0 Å². The summed E-state index contributed by atoms with van der Waals surface area (Å²) in [6, 6.07) is 1.35. The maximum absolute atomic E-state index is 11.3. The molecule has 0 aliphatic heterocycles. The number of aromatic amines is 1. The Labute approximate surface area is 83.6 Å². The van der Waals surface area contributed by atoms with Gasteiger partial charge in [0, 0.05) is 6.07 Å². The van der Waals surface area contributed by atoms with Crippen LogP contribution in [-0.4, -0.2) is 9.97 Å². The summed E-state index contributed by atoms with van der Waals surface area (Å²) in [6.07, 6.45) is 0.768. The summed E-state index contributed by atoms with van der Waals surface area (Å²) in [4.78, 5) is 18.3. The number of nitrogens with two attached hydrogens (primary N) is 1. The van der Waals surface area contributed by atoms with Crippen LogP contribution in [-0.2, 0) is 0 Å². The Bertz CT molecular complexity index is 357. The Morgan fingerprint density at radius 3 is 2.71 bits per heavy atom. The van der Waals surface area contributed by atoms with Crippen molar-refractivity contribution in [3.8, 4) is 0 Å². The summed E-state index contributed by atoms with van der Waals surface area (Å²) >= 11 is 0. The van der Waals surface area contributed by atoms with Crippen LogP contribution in [0.4, 0.5) is 0 Å². The highest BCUT2D eigenvalue weighted by molar-refractivity contribution is 5.08. The van der Waals surface area contributed by atoms with E-state index in [1.165, 1.54) is 6.07 Å². The van der Waals surface area contributed by atoms with E-state index in [1.54, 1.807) is 0 Å². The van der Waals surface area contributed by atoms with Gasteiger partial charge in [0.25, 0.3) is 5.56 Å². The SMILES string of the molecule is CCC(N)c1nc(C(C)C)cc(=O)[nH]1. The molecule has 0 saturated heterocycles. The van der Waals surface area contributed by atoms with Crippen molar-refractivity contribution in [2.45, 2.75) is 39.2 Å². The van der Waals surface area contributed by atoms with Gasteiger partial charge in [-0.1, -0.05) is 20.8 Å². The van der Waals surface area contributed by atoms with E-state index in [2.05, 4.69) is 9.97 Å². The largest absolute Gasteiger partial charge is 0.321 e. The molecule has 78 valence electrons. The summed E-state index contributed by atoms with van der Waals surface area (Å²) in [5.41, 5.74) is 6.48. The van der Waals surface area contributed by atoms with Crippen molar-refractivity contribution >= 4 is 0 Å². The molecule has 1 atom stereocenters. The summed E-state index contributed by atoms with van der Waals surface area (Å²) in [5.74, 6) is 0.837. The lowest BCUT2D eigenvalue weighted by molar-refractivity contribution is 0.632. The zero-order valence-electron chi connectivity index (χ0n) is 8.87. The van der Waals surface area contributed by atoms with E-state index in [-0.39, 0.29) is 17.5 Å². The molecule has 0 aliphatic rings. The van der Waals surface area contributed by atoms with E-state index in [9.17, 15) is 4.79 Å². The Hall–Kier alpha value is -1.16. The van der Waals surface area contributed by atoms with Gasteiger partial charge < -0.3 is 10.7 Å². The van der Waals surface area contributed by atoms with Crippen LogP contribution in [0.3, 0.4) is 0 Å². The molecule has 1 aromatic heterocycles. The summed E-state index contributed by atoms with van der Waals surface area (Å²) in [7, 11) is 0. The molecule has 0 aliphatic carbocycles. The summed E-state index contributed by atoms with van der Waals surface area (Å²) in [5, 5.41) is 0. The molecule has 0 spiro atoms. The molecule has 0 fully saturated rings. The number of H-pyrrole nitrogens is 1. The minimum absolute atomic E-state index is 0.123. The van der Waals surface area contributed by atoms with Gasteiger partial charge >= 0.3 is 0 Å². The van der Waals surface area contributed by atoms with Crippen LogP contribution in [0, 0.1) is 0 Å². The van der Waals surface area contributed by atoms with Crippen LogP contribution in [0.5, 0.6) is 0 Å². The first-order valence-electron chi connectivity index (χ1n) is 4.91. The molecule has 4 heteroatoms. The number of nitrogens with one attached hydrogen (secondary N) is 1. The van der Waals surface area contributed by atoms with Crippen molar-refractivity contribution in [2.75, 3.05) is 0 Å². The molecule has 1 aromatic rings. The lowest BCUT2D eigenvalue weighted by Crippen LogP contribution is -2.20. The highest BCUT2D eigenvalue weighted by atomic mass is 16.1. The molecule has 0 bridgehead atoms. The van der Waals surface area contributed by atoms with Crippen LogP contribution in [0.2, 0.25) is 0 Å². The zero-order valence-corrected chi connectivity index (χ0v) is 8.87. The fraction of sp³-hybridized carbons (Fsp3) is 0.600. The average molecular weight is 195 g/mol. The van der Waals surface area contributed by atoms with Crippen molar-refractivity contribution in [1.82, 2.24) is 9.97 Å². The van der Waals surface area contributed by atoms with Crippen LogP contribution < -0.4 is 11.3 Å². The summed E-state index contributed by atoms with van der Waals surface area (Å²) in [6.45, 7) is 5.97. The van der Waals surface area contributed by atoms with Gasteiger partial charge in [-0.3, -0.25) is 4.79 Å². The Kier molecular flexibility index (Phi) is 3.41. The van der Waals surface area contributed by atoms with Gasteiger partial charge in [-0.25, -0.2) is 4.98 Å². The maximum atomic E-state index is 11.3. The van der Waals surface area contributed by atoms with E-state index in [0.29, 0.717) is 5.82 Å². The molecule has 0 saturated carbocycles. The average Bonchev–Trinajstić information content (AvgIpc) is 2.15. The third-order valence-electron chi connectivity index (χ3n) is 2.16. The molecule has 1 heterocycles. The van der Waals surface area contributed by atoms with Crippen LogP contribution in [0.25, 0.3) is 0 Å². The van der Waals surface area contributed by atoms with Crippen molar-refractivity contribution in [3.63, 3.8) is 0 Å². The minimum atomic E-state index is -0.179. The summed E-state index contributed by atoms with van der Waals surface area (Å²) < 4.78 is 0. The van der Waals surface area contributed by atoms with E-state index >= 15 is 0 Å². The number of nitrogens with zero attached hydrogens (tertiary/aromatic N) is 1. The van der Waals surface area contributed by atoms with Gasteiger partial charge in [0.2, 0.25) is 0 Å². The van der Waals surface area contributed by atoms with E-state index < -0.39 is 0 Å². The number of aromatic nitrogens is 2. The van der Waals surface area contributed by atoms with E-state index in [1.807, 2.05) is 20.8 Å². The molecule has 0 amide bonds. The second-order valence-corrected chi connectivity index (χ2v) is 3.72. The zero-order chi connectivity index (χ0) is 10.7. The van der Waals surface area contributed by atoms with Crippen molar-refractivity contribution in [1.29, 1.82) is 0 Å². The number of hydrogen-bond donors (Lipinski definition) is 2. The number of rotatable bonds is 3. The lowest BCUT2D eigenvalue weighted by atomic mass is 10.1. The highest BCUT2D eigenvalue weighted by Crippen LogP contribution is 2.12. The molecular weight excluding hydrogens is 178 g/mol. The molecule has 3 N–H and O–H groups in total. The Morgan fingerprint density at radius 1 is 1.57 bits per heavy atom. The molecule has 0 radical (unpaired) electrons. The second kappa shape index (κ2) is 4.37. The van der Waals surface area contributed by atoms with Crippen molar-refractivity contribution in [3.05, 3.63) is 27.9 Å². The Balaban J connectivity index is 3.13. The maximum Gasteiger partial charge on any atom is 0.251 e. The van der Waals surface area contributed by atoms with Crippen LogP contribution in [0.1, 0.15) is 50.7 Å². The van der Waals surface area contributed by atoms with E-state index in [0.717, 1.165) is 12.1 Å². The van der Waals surface area contributed by atoms with Gasteiger partial charge in [0.05, 0.1) is 11.7 Å². The second-order valence-electron chi connectivity index (χ2n) is 3.72. The predicted molar refractivity (Wildman–Crippen MR) is 56.2 cm³/mol. The fourth-order valence-corrected chi connectivity index (χ4v) is 1.16. The first kappa shape index (κ1) is 10.9. The Morgan fingerprint density at radius 2 is 2.21 bits per heavy atom. The number of hydrogen-bond acceptors (Lipinski definition) is 3.